The molecule has 0 bridgehead atoms. The van der Waals surface area contributed by atoms with Crippen molar-refractivity contribution in [1.82, 2.24) is 10.2 Å². The van der Waals surface area contributed by atoms with E-state index in [1.807, 2.05) is 30.3 Å². The Labute approximate surface area is 262 Å². The molecule has 1 N–H and O–H groups in total. The summed E-state index contributed by atoms with van der Waals surface area (Å²) in [4.78, 5) is 29.6. The Morgan fingerprint density at radius 2 is 1.57 bits per heavy atom. The summed E-state index contributed by atoms with van der Waals surface area (Å²) < 4.78 is 26.9. The molecule has 4 rings (SSSR count). The number of hydrogen-bond donors (Lipinski definition) is 1. The van der Waals surface area contributed by atoms with E-state index in [-0.39, 0.29) is 30.6 Å². The zero-order valence-corrected chi connectivity index (χ0v) is 26.6. The standard InChI is InChI=1S/C31H34Cl3N3O4S/c1-21-15-16-24(18-28(21)34)37(42(2,40)41)20-30(38)36(19-25-26(32)13-8-14-27(25)33)29(17-22-9-4-3-5-10-22)31(39)35-23-11-6-7-12-23/h3-5,8-10,13-16,18,23,29H,6-7,11-12,17,19-20H2,1-2H3,(H,35,39)/t29-/m0/s1. The van der Waals surface area contributed by atoms with Crippen LogP contribution in [0.1, 0.15) is 42.4 Å². The third-order valence-electron chi connectivity index (χ3n) is 7.49. The molecule has 1 atom stereocenters. The second kappa shape index (κ2) is 14.1. The summed E-state index contributed by atoms with van der Waals surface area (Å²) >= 11 is 19.4. The van der Waals surface area contributed by atoms with Crippen molar-refractivity contribution in [3.8, 4) is 0 Å². The zero-order chi connectivity index (χ0) is 30.4. The van der Waals surface area contributed by atoms with Crippen LogP contribution >= 0.6 is 34.8 Å². The molecule has 7 nitrogen and oxygen atoms in total. The monoisotopic (exact) mass is 649 g/mol. The van der Waals surface area contributed by atoms with Gasteiger partial charge in [-0.1, -0.05) is 90.1 Å². The van der Waals surface area contributed by atoms with Crippen LogP contribution in [0.4, 0.5) is 5.69 Å². The van der Waals surface area contributed by atoms with E-state index in [9.17, 15) is 18.0 Å². The predicted molar refractivity (Wildman–Crippen MR) is 170 cm³/mol. The molecule has 0 saturated heterocycles. The van der Waals surface area contributed by atoms with Crippen molar-refractivity contribution >= 4 is 62.3 Å². The molecule has 0 heterocycles. The Hall–Kier alpha value is -2.78. The highest BCUT2D eigenvalue weighted by Crippen LogP contribution is 2.29. The second-order valence-corrected chi connectivity index (χ2v) is 13.7. The maximum absolute atomic E-state index is 14.2. The lowest BCUT2D eigenvalue weighted by Crippen LogP contribution is -2.54. The lowest BCUT2D eigenvalue weighted by Gasteiger charge is -2.34. The number of rotatable bonds is 11. The van der Waals surface area contributed by atoms with Gasteiger partial charge >= 0.3 is 0 Å². The van der Waals surface area contributed by atoms with Gasteiger partial charge in [0.1, 0.15) is 12.6 Å². The van der Waals surface area contributed by atoms with Crippen molar-refractivity contribution in [2.75, 3.05) is 17.1 Å². The van der Waals surface area contributed by atoms with Crippen LogP contribution < -0.4 is 9.62 Å². The number of amides is 2. The van der Waals surface area contributed by atoms with Crippen molar-refractivity contribution in [2.24, 2.45) is 0 Å². The summed E-state index contributed by atoms with van der Waals surface area (Å²) in [6, 6.07) is 18.2. The van der Waals surface area contributed by atoms with Crippen LogP contribution in [0.2, 0.25) is 15.1 Å². The highest BCUT2D eigenvalue weighted by molar-refractivity contribution is 7.92. The first kappa shape index (κ1) is 32.1. The number of hydrogen-bond acceptors (Lipinski definition) is 4. The van der Waals surface area contributed by atoms with Crippen LogP contribution in [0.25, 0.3) is 0 Å². The molecule has 0 aromatic heterocycles. The molecule has 3 aromatic carbocycles. The van der Waals surface area contributed by atoms with Crippen LogP contribution in [-0.4, -0.2) is 50.0 Å². The number of carbonyl (C=O) groups is 2. The molecule has 1 aliphatic rings. The Kier molecular flexibility index (Phi) is 10.8. The summed E-state index contributed by atoms with van der Waals surface area (Å²) in [6.07, 6.45) is 5.01. The molecular weight excluding hydrogens is 617 g/mol. The number of anilines is 1. The van der Waals surface area contributed by atoms with Crippen molar-refractivity contribution < 1.29 is 18.0 Å². The summed E-state index contributed by atoms with van der Waals surface area (Å²) in [6.45, 7) is 1.15. The summed E-state index contributed by atoms with van der Waals surface area (Å²) in [5.41, 5.74) is 2.32. The van der Waals surface area contributed by atoms with E-state index in [0.29, 0.717) is 20.6 Å². The van der Waals surface area contributed by atoms with Gasteiger partial charge in [-0.2, -0.15) is 0 Å². The molecule has 1 saturated carbocycles. The van der Waals surface area contributed by atoms with E-state index >= 15 is 0 Å². The summed E-state index contributed by atoms with van der Waals surface area (Å²) in [5, 5.41) is 4.16. The normalized spacial score (nSPS) is 14.4. The minimum atomic E-state index is -3.91. The topological polar surface area (TPSA) is 86.8 Å². The van der Waals surface area contributed by atoms with Crippen molar-refractivity contribution in [1.29, 1.82) is 0 Å². The van der Waals surface area contributed by atoms with Crippen LogP contribution in [-0.2, 0) is 32.6 Å². The molecule has 0 unspecified atom stereocenters. The quantitative estimate of drug-likeness (QED) is 0.260. The van der Waals surface area contributed by atoms with Gasteiger partial charge in [0.05, 0.1) is 11.9 Å². The average molecular weight is 651 g/mol. The number of carbonyl (C=O) groups excluding carboxylic acids is 2. The van der Waals surface area contributed by atoms with Gasteiger partial charge in [0.2, 0.25) is 21.8 Å². The third kappa shape index (κ3) is 8.19. The Balaban J connectivity index is 1.77. The molecule has 0 spiro atoms. The van der Waals surface area contributed by atoms with Crippen LogP contribution in [0.3, 0.4) is 0 Å². The van der Waals surface area contributed by atoms with Gasteiger partial charge in [-0.25, -0.2) is 8.42 Å². The first-order valence-corrected chi connectivity index (χ1v) is 16.7. The van der Waals surface area contributed by atoms with E-state index in [1.165, 1.54) is 11.0 Å². The molecule has 0 radical (unpaired) electrons. The lowest BCUT2D eigenvalue weighted by molar-refractivity contribution is -0.140. The maximum atomic E-state index is 14.2. The van der Waals surface area contributed by atoms with Gasteiger partial charge in [0, 0.05) is 39.6 Å². The van der Waals surface area contributed by atoms with Crippen molar-refractivity contribution in [3.05, 3.63) is 98.5 Å². The fourth-order valence-corrected chi connectivity index (χ4v) is 6.66. The number of nitrogens with one attached hydrogen (secondary N) is 1. The Morgan fingerprint density at radius 1 is 0.929 bits per heavy atom. The predicted octanol–water partition coefficient (Wildman–Crippen LogP) is 6.42. The average Bonchev–Trinajstić information content (AvgIpc) is 3.45. The van der Waals surface area contributed by atoms with Gasteiger partial charge in [0.15, 0.2) is 0 Å². The Morgan fingerprint density at radius 3 is 2.17 bits per heavy atom. The Bertz CT molecular complexity index is 1510. The number of halogens is 3. The van der Waals surface area contributed by atoms with Crippen LogP contribution in [0.15, 0.2) is 66.7 Å². The molecule has 11 heteroatoms. The largest absolute Gasteiger partial charge is 0.352 e. The lowest BCUT2D eigenvalue weighted by atomic mass is 10.0. The SMILES string of the molecule is Cc1ccc(N(CC(=O)N(Cc2c(Cl)cccc2Cl)[C@@H](Cc2ccccc2)C(=O)NC2CCCC2)S(C)(=O)=O)cc1Cl. The van der Waals surface area contributed by atoms with E-state index < -0.39 is 28.5 Å². The first-order valence-electron chi connectivity index (χ1n) is 13.7. The van der Waals surface area contributed by atoms with Gasteiger partial charge in [-0.3, -0.25) is 13.9 Å². The van der Waals surface area contributed by atoms with Crippen molar-refractivity contribution in [3.63, 3.8) is 0 Å². The van der Waals surface area contributed by atoms with E-state index in [4.69, 9.17) is 34.8 Å². The first-order chi connectivity index (χ1) is 19.9. The highest BCUT2D eigenvalue weighted by Gasteiger charge is 2.35. The molecular formula is C31H34Cl3N3O4S. The van der Waals surface area contributed by atoms with Gasteiger partial charge in [-0.15, -0.1) is 0 Å². The highest BCUT2D eigenvalue weighted by atomic mass is 35.5. The number of aryl methyl sites for hydroxylation is 1. The molecule has 1 aliphatic carbocycles. The summed E-state index contributed by atoms with van der Waals surface area (Å²) in [5.74, 6) is -0.901. The molecule has 224 valence electrons. The fourth-order valence-electron chi connectivity index (χ4n) is 5.13. The number of benzene rings is 3. The van der Waals surface area contributed by atoms with E-state index in [2.05, 4.69) is 5.32 Å². The molecule has 3 aromatic rings. The minimum Gasteiger partial charge on any atom is -0.352 e. The molecule has 1 fully saturated rings. The van der Waals surface area contributed by atoms with E-state index in [0.717, 1.165) is 47.4 Å². The van der Waals surface area contributed by atoms with Gasteiger partial charge in [-0.05, 0) is 55.2 Å². The summed E-state index contributed by atoms with van der Waals surface area (Å²) in [7, 11) is -3.91. The van der Waals surface area contributed by atoms with E-state index in [1.54, 1.807) is 37.3 Å². The van der Waals surface area contributed by atoms with Gasteiger partial charge in [0.25, 0.3) is 0 Å². The maximum Gasteiger partial charge on any atom is 0.244 e. The van der Waals surface area contributed by atoms with Crippen LogP contribution in [0, 0.1) is 6.92 Å². The molecule has 42 heavy (non-hydrogen) atoms. The second-order valence-electron chi connectivity index (χ2n) is 10.6. The molecule has 0 aliphatic heterocycles. The van der Waals surface area contributed by atoms with Crippen LogP contribution in [0.5, 0.6) is 0 Å². The smallest absolute Gasteiger partial charge is 0.244 e. The molecule has 2 amide bonds. The number of nitrogens with zero attached hydrogens (tertiary/aromatic N) is 2. The fraction of sp³-hybridized carbons (Fsp3) is 0.355. The zero-order valence-electron chi connectivity index (χ0n) is 23.5. The third-order valence-corrected chi connectivity index (χ3v) is 9.74. The minimum absolute atomic E-state index is 0.0128. The van der Waals surface area contributed by atoms with Gasteiger partial charge < -0.3 is 10.2 Å². The number of sulfonamides is 1. The van der Waals surface area contributed by atoms with Crippen molar-refractivity contribution in [2.45, 2.75) is 57.7 Å².